The zero-order valence-electron chi connectivity index (χ0n) is 12.6. The molecule has 0 bridgehead atoms. The summed E-state index contributed by atoms with van der Waals surface area (Å²) in [6.07, 6.45) is -2.81. The number of aryl methyl sites for hydroxylation is 1. The van der Waals surface area contributed by atoms with E-state index in [9.17, 15) is 13.2 Å². The summed E-state index contributed by atoms with van der Waals surface area (Å²) in [6.45, 7) is 2.94. The van der Waals surface area contributed by atoms with E-state index in [1.165, 1.54) is 23.3 Å². The van der Waals surface area contributed by atoms with Crippen LogP contribution in [0.15, 0.2) is 48.5 Å². The van der Waals surface area contributed by atoms with Gasteiger partial charge >= 0.3 is 6.36 Å². The first-order valence-corrected chi connectivity index (χ1v) is 7.63. The first-order valence-electron chi connectivity index (χ1n) is 7.63. The van der Waals surface area contributed by atoms with Gasteiger partial charge in [0.1, 0.15) is 5.75 Å². The van der Waals surface area contributed by atoms with Gasteiger partial charge in [-0.3, -0.25) is 4.90 Å². The van der Waals surface area contributed by atoms with Gasteiger partial charge < -0.3 is 4.74 Å². The van der Waals surface area contributed by atoms with Crippen LogP contribution in [0.1, 0.15) is 23.1 Å². The van der Waals surface area contributed by atoms with Crippen molar-refractivity contribution >= 4 is 0 Å². The van der Waals surface area contributed by atoms with E-state index in [1.807, 2.05) is 0 Å². The SMILES string of the molecule is FC(F)(F)Oc1ccc(CCCN2Cc3ccccc3C2)cc1. The van der Waals surface area contributed by atoms with Gasteiger partial charge in [-0.05, 0) is 48.2 Å². The highest BCUT2D eigenvalue weighted by molar-refractivity contribution is 5.30. The Labute approximate surface area is 133 Å². The molecule has 0 atom stereocenters. The van der Waals surface area contributed by atoms with Crippen molar-refractivity contribution in [2.75, 3.05) is 6.54 Å². The highest BCUT2D eigenvalue weighted by Gasteiger charge is 2.30. The molecule has 0 unspecified atom stereocenters. The van der Waals surface area contributed by atoms with Gasteiger partial charge in [0.2, 0.25) is 0 Å². The van der Waals surface area contributed by atoms with Gasteiger partial charge in [0.05, 0.1) is 0 Å². The van der Waals surface area contributed by atoms with Gasteiger partial charge in [0.25, 0.3) is 0 Å². The van der Waals surface area contributed by atoms with Crippen LogP contribution in [0.25, 0.3) is 0 Å². The molecule has 3 rings (SSSR count). The molecule has 0 radical (unpaired) electrons. The maximum Gasteiger partial charge on any atom is 0.573 e. The Morgan fingerprint density at radius 3 is 2.09 bits per heavy atom. The topological polar surface area (TPSA) is 12.5 Å². The molecule has 23 heavy (non-hydrogen) atoms. The number of hydrogen-bond donors (Lipinski definition) is 0. The molecule has 1 heterocycles. The molecule has 2 aromatic rings. The minimum absolute atomic E-state index is 0.170. The van der Waals surface area contributed by atoms with Crippen molar-refractivity contribution < 1.29 is 17.9 Å². The standard InChI is InChI=1S/C18H18F3NO/c19-18(20,21)23-17-9-7-14(8-10-17)4-3-11-22-12-15-5-1-2-6-16(15)13-22/h1-2,5-10H,3-4,11-13H2. The second-order valence-electron chi connectivity index (χ2n) is 5.77. The average Bonchev–Trinajstić information content (AvgIpc) is 2.90. The molecule has 2 aromatic carbocycles. The quantitative estimate of drug-likeness (QED) is 0.802. The molecule has 0 fully saturated rings. The molecule has 0 saturated carbocycles. The van der Waals surface area contributed by atoms with Crippen molar-refractivity contribution in [1.29, 1.82) is 0 Å². The summed E-state index contributed by atoms with van der Waals surface area (Å²) in [5.74, 6) is -0.170. The fraction of sp³-hybridized carbons (Fsp3) is 0.333. The molecular formula is C18H18F3NO. The summed E-state index contributed by atoms with van der Waals surface area (Å²) in [6, 6.07) is 14.6. The molecule has 1 aliphatic rings. The van der Waals surface area contributed by atoms with Crippen molar-refractivity contribution in [2.24, 2.45) is 0 Å². The van der Waals surface area contributed by atoms with E-state index < -0.39 is 6.36 Å². The molecule has 1 aliphatic heterocycles. The molecule has 0 amide bonds. The van der Waals surface area contributed by atoms with Gasteiger partial charge in [-0.25, -0.2) is 0 Å². The van der Waals surface area contributed by atoms with Crippen molar-refractivity contribution in [1.82, 2.24) is 4.90 Å². The Balaban J connectivity index is 1.45. The molecule has 122 valence electrons. The Kier molecular flexibility index (Phi) is 4.57. The van der Waals surface area contributed by atoms with Crippen LogP contribution >= 0.6 is 0 Å². The van der Waals surface area contributed by atoms with Crippen LogP contribution in [-0.2, 0) is 19.5 Å². The Morgan fingerprint density at radius 2 is 1.52 bits per heavy atom. The minimum Gasteiger partial charge on any atom is -0.406 e. The van der Waals surface area contributed by atoms with E-state index >= 15 is 0 Å². The van der Waals surface area contributed by atoms with Gasteiger partial charge in [-0.1, -0.05) is 36.4 Å². The highest BCUT2D eigenvalue weighted by atomic mass is 19.4. The lowest BCUT2D eigenvalue weighted by Crippen LogP contribution is -2.18. The smallest absolute Gasteiger partial charge is 0.406 e. The maximum absolute atomic E-state index is 12.1. The van der Waals surface area contributed by atoms with Gasteiger partial charge in [0, 0.05) is 13.1 Å². The molecule has 5 heteroatoms. The summed E-state index contributed by atoms with van der Waals surface area (Å²) >= 11 is 0. The lowest BCUT2D eigenvalue weighted by molar-refractivity contribution is -0.274. The van der Waals surface area contributed by atoms with E-state index in [2.05, 4.69) is 33.9 Å². The second kappa shape index (κ2) is 6.62. The lowest BCUT2D eigenvalue weighted by atomic mass is 10.1. The largest absolute Gasteiger partial charge is 0.573 e. The first-order chi connectivity index (χ1) is 11.0. The third-order valence-corrected chi connectivity index (χ3v) is 4.00. The Morgan fingerprint density at radius 1 is 0.913 bits per heavy atom. The molecular weight excluding hydrogens is 303 g/mol. The minimum atomic E-state index is -4.63. The number of benzene rings is 2. The summed E-state index contributed by atoms with van der Waals surface area (Å²) < 4.78 is 40.2. The number of nitrogens with zero attached hydrogens (tertiary/aromatic N) is 1. The van der Waals surface area contributed by atoms with E-state index in [-0.39, 0.29) is 5.75 Å². The van der Waals surface area contributed by atoms with Crippen LogP contribution in [-0.4, -0.2) is 17.8 Å². The van der Waals surface area contributed by atoms with Crippen LogP contribution in [0, 0.1) is 0 Å². The van der Waals surface area contributed by atoms with Gasteiger partial charge in [-0.2, -0.15) is 0 Å². The maximum atomic E-state index is 12.1. The van der Waals surface area contributed by atoms with Crippen LogP contribution in [0.5, 0.6) is 5.75 Å². The summed E-state index contributed by atoms with van der Waals surface area (Å²) in [7, 11) is 0. The second-order valence-corrected chi connectivity index (χ2v) is 5.77. The molecule has 0 aliphatic carbocycles. The summed E-state index contributed by atoms with van der Waals surface area (Å²) in [5, 5.41) is 0. The van der Waals surface area contributed by atoms with Crippen molar-refractivity contribution in [3.05, 3.63) is 65.2 Å². The predicted octanol–water partition coefficient (Wildman–Crippen LogP) is 4.53. The first kappa shape index (κ1) is 15.9. The molecule has 0 spiro atoms. The number of rotatable bonds is 5. The number of ether oxygens (including phenoxy) is 1. The van der Waals surface area contributed by atoms with E-state index in [4.69, 9.17) is 0 Å². The highest BCUT2D eigenvalue weighted by Crippen LogP contribution is 2.24. The van der Waals surface area contributed by atoms with Crippen LogP contribution in [0.3, 0.4) is 0 Å². The monoisotopic (exact) mass is 321 g/mol. The molecule has 0 N–H and O–H groups in total. The third-order valence-electron chi connectivity index (χ3n) is 4.00. The van der Waals surface area contributed by atoms with E-state index in [1.54, 1.807) is 12.1 Å². The Hall–Kier alpha value is -2.01. The fourth-order valence-corrected chi connectivity index (χ4v) is 2.93. The normalized spacial score (nSPS) is 14.7. The molecule has 0 aromatic heterocycles. The zero-order chi connectivity index (χ0) is 16.3. The lowest BCUT2D eigenvalue weighted by Gasteiger charge is -2.14. The van der Waals surface area contributed by atoms with Crippen LogP contribution in [0.2, 0.25) is 0 Å². The average molecular weight is 321 g/mol. The van der Waals surface area contributed by atoms with E-state index in [0.29, 0.717) is 0 Å². The van der Waals surface area contributed by atoms with Crippen molar-refractivity contribution in [3.8, 4) is 5.75 Å². The Bertz CT molecular complexity index is 627. The zero-order valence-corrected chi connectivity index (χ0v) is 12.6. The van der Waals surface area contributed by atoms with Crippen LogP contribution in [0.4, 0.5) is 13.2 Å². The van der Waals surface area contributed by atoms with Crippen LogP contribution < -0.4 is 4.74 Å². The third kappa shape index (κ3) is 4.48. The predicted molar refractivity (Wildman–Crippen MR) is 82.0 cm³/mol. The van der Waals surface area contributed by atoms with Gasteiger partial charge in [0.15, 0.2) is 0 Å². The van der Waals surface area contributed by atoms with Gasteiger partial charge in [-0.15, -0.1) is 13.2 Å². The number of alkyl halides is 3. The molecule has 2 nitrogen and oxygen atoms in total. The number of hydrogen-bond acceptors (Lipinski definition) is 2. The summed E-state index contributed by atoms with van der Waals surface area (Å²) in [5.41, 5.74) is 3.80. The summed E-state index contributed by atoms with van der Waals surface area (Å²) in [4.78, 5) is 2.39. The fourth-order valence-electron chi connectivity index (χ4n) is 2.93. The molecule has 0 saturated heterocycles. The number of fused-ring (bicyclic) bond motifs is 1. The van der Waals surface area contributed by atoms with Crippen molar-refractivity contribution in [3.63, 3.8) is 0 Å². The van der Waals surface area contributed by atoms with E-state index in [0.717, 1.165) is 38.0 Å². The number of halogens is 3. The van der Waals surface area contributed by atoms with Crippen molar-refractivity contribution in [2.45, 2.75) is 32.3 Å².